The fourth-order valence-electron chi connectivity index (χ4n) is 8.72. The zero-order valence-corrected chi connectivity index (χ0v) is 44.7. The minimum Gasteiger partial charge on any atom is -0.457 e. The first-order valence-electron chi connectivity index (χ1n) is 28.4. The van der Waals surface area contributed by atoms with Crippen LogP contribution >= 0.6 is 0 Å². The largest absolute Gasteiger partial charge is 0.457 e. The molecule has 2 fully saturated rings. The maximum atomic E-state index is 13.1. The molecule has 0 amide bonds. The molecule has 2 aliphatic heterocycles. The van der Waals surface area contributed by atoms with Crippen molar-refractivity contribution in [2.24, 2.45) is 0 Å². The van der Waals surface area contributed by atoms with Gasteiger partial charge in [-0.05, 0) is 57.8 Å². The predicted octanol–water partition coefficient (Wildman–Crippen LogP) is 9.69. The highest BCUT2D eigenvalue weighted by Crippen LogP contribution is 2.26. The van der Waals surface area contributed by atoms with Crippen molar-refractivity contribution in [2.45, 2.75) is 268 Å². The van der Waals surface area contributed by atoms with Gasteiger partial charge in [0.15, 0.2) is 12.6 Å². The number of ether oxygens (including phenoxy) is 6. The third kappa shape index (κ3) is 31.5. The van der Waals surface area contributed by atoms with E-state index in [1.165, 1.54) is 96.3 Å². The maximum absolute atomic E-state index is 13.1. The zero-order valence-electron chi connectivity index (χ0n) is 44.7. The summed E-state index contributed by atoms with van der Waals surface area (Å²) in [7, 11) is 0. The minimum atomic E-state index is -1.71. The second-order valence-electron chi connectivity index (χ2n) is 19.7. The summed E-state index contributed by atoms with van der Waals surface area (Å²) in [5.74, 6) is -0.382. The Morgan fingerprint density at radius 1 is 0.472 bits per heavy atom. The van der Waals surface area contributed by atoms with Crippen LogP contribution in [0, 0.1) is 0 Å². The highest BCUT2D eigenvalue weighted by molar-refractivity contribution is 5.69. The van der Waals surface area contributed by atoms with Gasteiger partial charge in [0.1, 0.15) is 54.9 Å². The Morgan fingerprint density at radius 2 is 0.903 bits per heavy atom. The zero-order chi connectivity index (χ0) is 52.3. The van der Waals surface area contributed by atoms with Crippen LogP contribution in [0.15, 0.2) is 60.8 Å². The van der Waals surface area contributed by atoms with E-state index in [-0.39, 0.29) is 25.6 Å². The van der Waals surface area contributed by atoms with Crippen molar-refractivity contribution in [3.63, 3.8) is 0 Å². The number of unbranched alkanes of at least 4 members (excludes halogenated alkanes) is 21. The molecule has 2 aliphatic rings. The van der Waals surface area contributed by atoms with Crippen LogP contribution in [0.2, 0.25) is 0 Å². The van der Waals surface area contributed by atoms with E-state index < -0.39 is 80.7 Å². The van der Waals surface area contributed by atoms with Crippen LogP contribution in [0.1, 0.15) is 200 Å². The summed E-state index contributed by atoms with van der Waals surface area (Å²) in [6, 6.07) is 0. The summed E-state index contributed by atoms with van der Waals surface area (Å²) in [6.45, 7) is 3.58. The first-order chi connectivity index (χ1) is 35.1. The molecule has 2 saturated heterocycles. The quantitative estimate of drug-likeness (QED) is 0.0172. The lowest BCUT2D eigenvalue weighted by molar-refractivity contribution is -0.332. The molecule has 0 aromatic heterocycles. The SMILES string of the molecule is CC/C=C\C/C=C\C/C=C\C/C=C\C/C=C\CCCCCCCCCCCC(=O)OC(COCCCCCCCCCCCCCCC)COC1OC(COC2OC(CO)C(O)C(O)C2O)C(O)C(O)C1O. The molecule has 72 heavy (non-hydrogen) atoms. The van der Waals surface area contributed by atoms with E-state index in [1.807, 2.05) is 0 Å². The molecule has 14 heteroatoms. The number of hydrogen-bond acceptors (Lipinski definition) is 14. The van der Waals surface area contributed by atoms with Crippen LogP contribution < -0.4 is 0 Å². The molecule has 2 rings (SSSR count). The maximum Gasteiger partial charge on any atom is 0.306 e. The van der Waals surface area contributed by atoms with Crippen LogP contribution in [0.3, 0.4) is 0 Å². The molecule has 7 N–H and O–H groups in total. The normalized spacial score (nSPS) is 25.6. The highest BCUT2D eigenvalue weighted by Gasteiger charge is 2.47. The molecule has 0 aromatic carbocycles. The van der Waals surface area contributed by atoms with Crippen molar-refractivity contribution in [2.75, 3.05) is 33.0 Å². The molecule has 0 radical (unpaired) electrons. The van der Waals surface area contributed by atoms with Crippen molar-refractivity contribution in [1.29, 1.82) is 0 Å². The Bertz CT molecular complexity index is 1420. The van der Waals surface area contributed by atoms with Gasteiger partial charge in [-0.1, -0.05) is 197 Å². The molecule has 2 heterocycles. The molecule has 0 saturated carbocycles. The molecular weight excluding hydrogens is 921 g/mol. The van der Waals surface area contributed by atoms with Crippen molar-refractivity contribution in [3.8, 4) is 0 Å². The summed E-state index contributed by atoms with van der Waals surface area (Å²) in [5.41, 5.74) is 0. The Kier molecular flexibility index (Phi) is 41.1. The Labute approximate surface area is 434 Å². The van der Waals surface area contributed by atoms with Gasteiger partial charge in [0.05, 0.1) is 26.4 Å². The van der Waals surface area contributed by atoms with Gasteiger partial charge in [0.25, 0.3) is 0 Å². The number of esters is 1. The number of hydrogen-bond donors (Lipinski definition) is 7. The van der Waals surface area contributed by atoms with Crippen LogP contribution in [0.25, 0.3) is 0 Å². The number of carbonyl (C=O) groups is 1. The van der Waals surface area contributed by atoms with Gasteiger partial charge in [-0.25, -0.2) is 0 Å². The minimum absolute atomic E-state index is 0.0595. The first-order valence-corrected chi connectivity index (χ1v) is 28.4. The fourth-order valence-corrected chi connectivity index (χ4v) is 8.72. The third-order valence-electron chi connectivity index (χ3n) is 13.3. The second-order valence-corrected chi connectivity index (χ2v) is 19.7. The molecule has 11 atom stereocenters. The summed E-state index contributed by atoms with van der Waals surface area (Å²) < 4.78 is 34.3. The first kappa shape index (κ1) is 65.8. The number of carbonyl (C=O) groups excluding carboxylic acids is 1. The third-order valence-corrected chi connectivity index (χ3v) is 13.3. The van der Waals surface area contributed by atoms with Gasteiger partial charge in [0, 0.05) is 13.0 Å². The van der Waals surface area contributed by atoms with E-state index in [9.17, 15) is 40.5 Å². The van der Waals surface area contributed by atoms with E-state index in [4.69, 9.17) is 28.4 Å². The smallest absolute Gasteiger partial charge is 0.306 e. The number of aliphatic hydroxyl groups excluding tert-OH is 7. The monoisotopic (exact) mass is 1020 g/mol. The number of rotatable bonds is 45. The van der Waals surface area contributed by atoms with Crippen molar-refractivity contribution >= 4 is 5.97 Å². The van der Waals surface area contributed by atoms with Gasteiger partial charge in [-0.15, -0.1) is 0 Å². The lowest BCUT2D eigenvalue weighted by Crippen LogP contribution is -2.61. The van der Waals surface area contributed by atoms with Crippen LogP contribution in [-0.2, 0) is 33.2 Å². The average Bonchev–Trinajstić information content (AvgIpc) is 3.38. The van der Waals surface area contributed by atoms with Gasteiger partial charge in [-0.2, -0.15) is 0 Å². The van der Waals surface area contributed by atoms with Crippen molar-refractivity contribution < 1.29 is 69.0 Å². The van der Waals surface area contributed by atoms with E-state index in [2.05, 4.69) is 74.6 Å². The van der Waals surface area contributed by atoms with Crippen LogP contribution in [-0.4, -0.2) is 142 Å². The molecule has 0 spiro atoms. The molecule has 11 unspecified atom stereocenters. The van der Waals surface area contributed by atoms with E-state index in [0.717, 1.165) is 77.0 Å². The Hall–Kier alpha value is -2.31. The fraction of sp³-hybridized carbons (Fsp3) is 0.810. The molecule has 14 nitrogen and oxygen atoms in total. The van der Waals surface area contributed by atoms with Crippen molar-refractivity contribution in [1.82, 2.24) is 0 Å². The lowest BCUT2D eigenvalue weighted by atomic mass is 9.98. The van der Waals surface area contributed by atoms with E-state index in [1.54, 1.807) is 0 Å². The van der Waals surface area contributed by atoms with Gasteiger partial charge in [-0.3, -0.25) is 4.79 Å². The van der Waals surface area contributed by atoms with Crippen LogP contribution in [0.4, 0.5) is 0 Å². The van der Waals surface area contributed by atoms with Crippen molar-refractivity contribution in [3.05, 3.63) is 60.8 Å². The standard InChI is InChI=1S/C58H102O14/c1-3-5-7-9-11-13-15-17-18-19-20-21-22-23-24-25-26-27-28-29-31-33-35-37-39-41-50(60)70-47(44-67-42-40-38-36-34-32-30-16-14-12-10-8-6-4-2)45-68-57-56(66)54(64)52(62)49(72-57)46-69-58-55(65)53(63)51(61)48(43-59)71-58/h5,7,11,13,17-18,20-21,23-24,47-49,51-59,61-66H,3-4,6,8-10,12,14-16,19,22,25-46H2,1-2H3/b7-5-,13-11-,18-17-,21-20-,24-23-. The average molecular weight is 1020 g/mol. The highest BCUT2D eigenvalue weighted by atomic mass is 16.7. The second kappa shape index (κ2) is 44.9. The number of aliphatic hydroxyl groups is 7. The van der Waals surface area contributed by atoms with Crippen LogP contribution in [0.5, 0.6) is 0 Å². The van der Waals surface area contributed by atoms with E-state index in [0.29, 0.717) is 13.0 Å². The Morgan fingerprint density at radius 3 is 1.42 bits per heavy atom. The summed E-state index contributed by atoms with van der Waals surface area (Å²) in [6.07, 6.45) is 38.5. The topological polar surface area (TPSA) is 214 Å². The summed E-state index contributed by atoms with van der Waals surface area (Å²) in [5, 5.41) is 72.3. The molecule has 418 valence electrons. The molecule has 0 aromatic rings. The van der Waals surface area contributed by atoms with Gasteiger partial charge in [0.2, 0.25) is 0 Å². The van der Waals surface area contributed by atoms with E-state index >= 15 is 0 Å². The lowest BCUT2D eigenvalue weighted by Gasteiger charge is -2.42. The molecular formula is C58H102O14. The van der Waals surface area contributed by atoms with Gasteiger partial charge >= 0.3 is 5.97 Å². The Balaban J connectivity index is 1.70. The summed E-state index contributed by atoms with van der Waals surface area (Å²) in [4.78, 5) is 13.1. The summed E-state index contributed by atoms with van der Waals surface area (Å²) >= 11 is 0. The molecule has 0 aliphatic carbocycles. The predicted molar refractivity (Wildman–Crippen MR) is 284 cm³/mol. The number of allylic oxidation sites excluding steroid dienone is 10. The van der Waals surface area contributed by atoms with Gasteiger partial charge < -0.3 is 64.2 Å². The molecule has 0 bridgehead atoms.